The topological polar surface area (TPSA) is 12.0 Å². The van der Waals surface area contributed by atoms with Crippen LogP contribution in [0.1, 0.15) is 5.56 Å². The van der Waals surface area contributed by atoms with Gasteiger partial charge in [0.05, 0.1) is 11.4 Å². The summed E-state index contributed by atoms with van der Waals surface area (Å²) >= 11 is 1.83. The van der Waals surface area contributed by atoms with Crippen molar-refractivity contribution in [3.8, 4) is 11.1 Å². The van der Waals surface area contributed by atoms with Crippen molar-refractivity contribution >= 4 is 23.1 Å². The van der Waals surface area contributed by atoms with E-state index in [4.69, 9.17) is 0 Å². The van der Waals surface area contributed by atoms with Crippen molar-refractivity contribution in [2.24, 2.45) is 0 Å². The molecule has 4 rings (SSSR count). The van der Waals surface area contributed by atoms with Crippen molar-refractivity contribution < 1.29 is 0 Å². The molecule has 2 heteroatoms. The van der Waals surface area contributed by atoms with Gasteiger partial charge in [-0.1, -0.05) is 54.2 Å². The summed E-state index contributed by atoms with van der Waals surface area (Å²) in [4.78, 5) is 2.57. The summed E-state index contributed by atoms with van der Waals surface area (Å²) in [5.41, 5.74) is 6.28. The second-order valence-electron chi connectivity index (χ2n) is 5.25. The Bertz CT molecular complexity index is 823. The maximum atomic E-state index is 3.51. The van der Waals surface area contributed by atoms with Gasteiger partial charge in [-0.2, -0.15) is 0 Å². The Morgan fingerprint density at radius 2 is 1.52 bits per heavy atom. The summed E-state index contributed by atoms with van der Waals surface area (Å²) in [6.07, 6.45) is 0. The average molecular weight is 289 g/mol. The van der Waals surface area contributed by atoms with Crippen LogP contribution in [0.25, 0.3) is 11.1 Å². The highest BCUT2D eigenvalue weighted by Gasteiger charge is 2.15. The molecule has 3 aromatic carbocycles. The Morgan fingerprint density at radius 1 is 0.762 bits per heavy atom. The second-order valence-corrected chi connectivity index (χ2v) is 6.33. The van der Waals surface area contributed by atoms with Gasteiger partial charge < -0.3 is 5.32 Å². The Morgan fingerprint density at radius 3 is 2.43 bits per heavy atom. The molecular formula is C19H15NS. The first-order chi connectivity index (χ1) is 10.3. The zero-order valence-electron chi connectivity index (χ0n) is 11.8. The van der Waals surface area contributed by atoms with Gasteiger partial charge in [-0.25, -0.2) is 0 Å². The molecule has 102 valence electrons. The smallest absolute Gasteiger partial charge is 0.0526 e. The van der Waals surface area contributed by atoms with Crippen molar-refractivity contribution in [1.82, 2.24) is 0 Å². The van der Waals surface area contributed by atoms with Crippen LogP contribution >= 0.6 is 11.8 Å². The highest BCUT2D eigenvalue weighted by molar-refractivity contribution is 7.99. The fourth-order valence-corrected chi connectivity index (χ4v) is 3.72. The highest BCUT2D eigenvalue weighted by atomic mass is 32.2. The third-order valence-electron chi connectivity index (χ3n) is 3.81. The Kier molecular flexibility index (Phi) is 2.97. The third kappa shape index (κ3) is 2.22. The molecule has 0 amide bonds. The monoisotopic (exact) mass is 289 g/mol. The molecule has 0 atom stereocenters. The Labute approximate surface area is 129 Å². The van der Waals surface area contributed by atoms with Crippen LogP contribution in [0.4, 0.5) is 11.4 Å². The van der Waals surface area contributed by atoms with Gasteiger partial charge in [-0.3, -0.25) is 0 Å². The van der Waals surface area contributed by atoms with Gasteiger partial charge in [0.15, 0.2) is 0 Å². The lowest BCUT2D eigenvalue weighted by Gasteiger charge is -2.21. The summed E-state index contributed by atoms with van der Waals surface area (Å²) < 4.78 is 0. The quantitative estimate of drug-likeness (QED) is 0.470. The van der Waals surface area contributed by atoms with Gasteiger partial charge in [0.25, 0.3) is 0 Å². The summed E-state index contributed by atoms with van der Waals surface area (Å²) in [5.74, 6) is 0. The van der Waals surface area contributed by atoms with Gasteiger partial charge in [-0.05, 0) is 47.9 Å². The summed E-state index contributed by atoms with van der Waals surface area (Å²) in [6.45, 7) is 2.16. The van der Waals surface area contributed by atoms with Crippen molar-refractivity contribution in [3.05, 3.63) is 72.3 Å². The highest BCUT2D eigenvalue weighted by Crippen LogP contribution is 2.45. The van der Waals surface area contributed by atoms with E-state index >= 15 is 0 Å². The molecule has 0 bridgehead atoms. The van der Waals surface area contributed by atoms with Crippen molar-refractivity contribution in [2.45, 2.75) is 16.7 Å². The minimum absolute atomic E-state index is 1.19. The van der Waals surface area contributed by atoms with Crippen LogP contribution in [0.2, 0.25) is 0 Å². The number of anilines is 2. The molecule has 0 aliphatic carbocycles. The zero-order chi connectivity index (χ0) is 14.2. The summed E-state index contributed by atoms with van der Waals surface area (Å²) in [5, 5.41) is 3.51. The molecule has 1 aliphatic rings. The van der Waals surface area contributed by atoms with E-state index in [1.165, 1.54) is 37.9 Å². The van der Waals surface area contributed by atoms with Crippen LogP contribution in [0.3, 0.4) is 0 Å². The predicted molar refractivity (Wildman–Crippen MR) is 90.5 cm³/mol. The molecule has 1 N–H and O–H groups in total. The van der Waals surface area contributed by atoms with Crippen molar-refractivity contribution in [3.63, 3.8) is 0 Å². The fraction of sp³-hybridized carbons (Fsp3) is 0.0526. The SMILES string of the molecule is Cc1ccccc1-c1ccc2c(c1)Sc1ccccc1N2. The number of aryl methyl sites for hydroxylation is 1. The van der Waals surface area contributed by atoms with Crippen LogP contribution < -0.4 is 5.32 Å². The zero-order valence-corrected chi connectivity index (χ0v) is 12.6. The molecule has 0 unspecified atom stereocenters. The van der Waals surface area contributed by atoms with E-state index in [1.807, 2.05) is 11.8 Å². The van der Waals surface area contributed by atoms with Crippen LogP contribution in [0, 0.1) is 6.92 Å². The number of fused-ring (bicyclic) bond motifs is 2. The van der Waals surface area contributed by atoms with E-state index in [-0.39, 0.29) is 0 Å². The number of benzene rings is 3. The van der Waals surface area contributed by atoms with Crippen molar-refractivity contribution in [2.75, 3.05) is 5.32 Å². The van der Waals surface area contributed by atoms with E-state index in [0.29, 0.717) is 0 Å². The summed E-state index contributed by atoms with van der Waals surface area (Å²) in [7, 11) is 0. The van der Waals surface area contributed by atoms with Gasteiger partial charge in [0.1, 0.15) is 0 Å². The van der Waals surface area contributed by atoms with Gasteiger partial charge >= 0.3 is 0 Å². The van der Waals surface area contributed by atoms with E-state index in [0.717, 1.165) is 0 Å². The van der Waals surface area contributed by atoms with Gasteiger partial charge in [-0.15, -0.1) is 0 Å². The maximum Gasteiger partial charge on any atom is 0.0526 e. The van der Waals surface area contributed by atoms with Crippen LogP contribution in [-0.2, 0) is 0 Å². The summed E-state index contributed by atoms with van der Waals surface area (Å²) in [6, 6.07) is 23.6. The number of para-hydroxylation sites is 1. The van der Waals surface area contributed by atoms with E-state index < -0.39 is 0 Å². The minimum Gasteiger partial charge on any atom is -0.354 e. The molecule has 0 saturated carbocycles. The number of nitrogens with one attached hydrogen (secondary N) is 1. The first-order valence-electron chi connectivity index (χ1n) is 7.05. The minimum atomic E-state index is 1.19. The van der Waals surface area contributed by atoms with Gasteiger partial charge in [0, 0.05) is 9.79 Å². The third-order valence-corrected chi connectivity index (χ3v) is 4.95. The molecule has 3 aromatic rings. The molecule has 0 aromatic heterocycles. The fourth-order valence-electron chi connectivity index (χ4n) is 2.70. The van der Waals surface area contributed by atoms with E-state index in [9.17, 15) is 0 Å². The number of hydrogen-bond donors (Lipinski definition) is 1. The number of hydrogen-bond acceptors (Lipinski definition) is 2. The standard InChI is InChI=1S/C19H15NS/c1-13-6-2-3-7-15(13)14-10-11-17-19(12-14)21-18-9-5-4-8-16(18)20-17/h2-12,20H,1H3. The molecule has 1 nitrogen and oxygen atoms in total. The first kappa shape index (κ1) is 12.5. The van der Waals surface area contributed by atoms with E-state index in [1.54, 1.807) is 0 Å². The largest absolute Gasteiger partial charge is 0.354 e. The molecule has 0 fully saturated rings. The molecule has 0 radical (unpaired) electrons. The van der Waals surface area contributed by atoms with Gasteiger partial charge in [0.2, 0.25) is 0 Å². The Hall–Kier alpha value is -2.19. The van der Waals surface area contributed by atoms with Crippen molar-refractivity contribution in [1.29, 1.82) is 0 Å². The Balaban J connectivity index is 1.79. The molecule has 0 spiro atoms. The first-order valence-corrected chi connectivity index (χ1v) is 7.87. The number of rotatable bonds is 1. The molecule has 21 heavy (non-hydrogen) atoms. The van der Waals surface area contributed by atoms with Crippen LogP contribution in [0.15, 0.2) is 76.5 Å². The maximum absolute atomic E-state index is 3.51. The molecule has 1 aliphatic heterocycles. The lowest BCUT2D eigenvalue weighted by atomic mass is 10.0. The average Bonchev–Trinajstić information content (AvgIpc) is 2.53. The van der Waals surface area contributed by atoms with E-state index in [2.05, 4.69) is 79.0 Å². The normalized spacial score (nSPS) is 12.2. The van der Waals surface area contributed by atoms with Crippen LogP contribution in [0.5, 0.6) is 0 Å². The lowest BCUT2D eigenvalue weighted by molar-refractivity contribution is 1.31. The van der Waals surface area contributed by atoms with Crippen LogP contribution in [-0.4, -0.2) is 0 Å². The predicted octanol–water partition coefficient (Wildman–Crippen LogP) is 5.87. The molecular weight excluding hydrogens is 274 g/mol. The lowest BCUT2D eigenvalue weighted by Crippen LogP contribution is -1.99. The molecule has 0 saturated heterocycles. The second kappa shape index (κ2) is 4.97. The molecule has 1 heterocycles.